The normalized spacial score (nSPS) is 12.0. The molecule has 4 N–H and O–H groups in total. The van der Waals surface area contributed by atoms with Crippen LogP contribution in [-0.4, -0.2) is 51.0 Å². The fraction of sp³-hybridized carbons (Fsp3) is 0.519. The molecule has 12 heteroatoms. The monoisotopic (exact) mass is 574 g/mol. The van der Waals surface area contributed by atoms with E-state index in [0.29, 0.717) is 10.8 Å². The quantitative estimate of drug-likeness (QED) is 0.0973. The lowest BCUT2D eigenvalue weighted by molar-refractivity contribution is 0.233. The van der Waals surface area contributed by atoms with Crippen LogP contribution in [-0.2, 0) is 38.5 Å². The Bertz CT molecular complexity index is 1110. The highest BCUT2D eigenvalue weighted by Gasteiger charge is 2.12. The van der Waals surface area contributed by atoms with E-state index in [0.717, 1.165) is 49.9 Å². The van der Waals surface area contributed by atoms with E-state index in [1.54, 1.807) is 12.1 Å². The molecule has 1 atom stereocenters. The number of unbranched alkanes of at least 4 members (excludes halogenated alkanes) is 7. The summed E-state index contributed by atoms with van der Waals surface area (Å²) in [6, 6.07) is 7.06. The van der Waals surface area contributed by atoms with Gasteiger partial charge in [-0.05, 0) is 55.9 Å². The Morgan fingerprint density at radius 1 is 0.872 bits per heavy atom. The number of imidazole rings is 2. The molecule has 39 heavy (non-hydrogen) atoms. The molecule has 2 aromatic heterocycles. The first-order valence-electron chi connectivity index (χ1n) is 13.6. The van der Waals surface area contributed by atoms with Crippen LogP contribution in [0.5, 0.6) is 0 Å². The van der Waals surface area contributed by atoms with Crippen LogP contribution in [0.4, 0.5) is 11.4 Å². The molecule has 10 nitrogen and oxygen atoms in total. The lowest BCUT2D eigenvalue weighted by atomic mass is 10.1. The molecule has 2 heterocycles. The van der Waals surface area contributed by atoms with Gasteiger partial charge in [-0.15, -0.1) is 0 Å². The van der Waals surface area contributed by atoms with Crippen molar-refractivity contribution in [2.45, 2.75) is 64.5 Å². The molecule has 0 saturated heterocycles. The minimum Gasteiger partial charge on any atom is -0.362 e. The summed E-state index contributed by atoms with van der Waals surface area (Å²) in [4.78, 5) is 11.5. The van der Waals surface area contributed by atoms with Crippen LogP contribution in [0.3, 0.4) is 0 Å². The van der Waals surface area contributed by atoms with Gasteiger partial charge in [0.25, 0.3) is 11.3 Å². The van der Waals surface area contributed by atoms with Crippen molar-refractivity contribution < 1.29 is 8.76 Å². The molecule has 3 rings (SSSR count). The van der Waals surface area contributed by atoms with E-state index in [-0.39, 0.29) is 0 Å². The maximum atomic E-state index is 10.8. The summed E-state index contributed by atoms with van der Waals surface area (Å²) in [6.45, 7) is 3.56. The minimum atomic E-state index is -2.07. The van der Waals surface area contributed by atoms with Crippen LogP contribution in [0.15, 0.2) is 49.1 Å². The average molecular weight is 575 g/mol. The fourth-order valence-corrected chi connectivity index (χ4v) is 4.89. The maximum Gasteiger partial charge on any atom is 0.259 e. The smallest absolute Gasteiger partial charge is 0.259 e. The van der Waals surface area contributed by atoms with Crippen molar-refractivity contribution in [2.75, 3.05) is 23.1 Å². The van der Waals surface area contributed by atoms with Crippen LogP contribution >= 0.6 is 12.2 Å². The first-order chi connectivity index (χ1) is 18.9. The van der Waals surface area contributed by atoms with Crippen molar-refractivity contribution in [1.29, 1.82) is 0 Å². The zero-order chi connectivity index (χ0) is 27.9. The average Bonchev–Trinajstić information content (AvgIpc) is 3.50. The van der Waals surface area contributed by atoms with Gasteiger partial charge in [0.05, 0.1) is 13.1 Å². The first-order valence-corrected chi connectivity index (χ1v) is 15.1. The van der Waals surface area contributed by atoms with Crippen molar-refractivity contribution >= 4 is 40.0 Å². The zero-order valence-electron chi connectivity index (χ0n) is 23.0. The number of anilines is 2. The van der Waals surface area contributed by atoms with Crippen LogP contribution in [0.25, 0.3) is 0 Å². The SMILES string of the molecule is Cn1ccnc1CN(CCCCCCCCCCNC(=S)Nc1ccc(NS(=O)O)cc1)Cc1nccn1C. The molecule has 0 radical (unpaired) electrons. The second-order valence-electron chi connectivity index (χ2n) is 9.76. The number of rotatable bonds is 18. The Morgan fingerprint density at radius 2 is 1.38 bits per heavy atom. The van der Waals surface area contributed by atoms with Crippen LogP contribution in [0, 0.1) is 0 Å². The molecule has 214 valence electrons. The predicted octanol–water partition coefficient (Wildman–Crippen LogP) is 4.81. The molecule has 0 aliphatic carbocycles. The second kappa shape index (κ2) is 17.0. The number of aryl methyl sites for hydroxylation is 2. The molecule has 0 spiro atoms. The highest BCUT2D eigenvalue weighted by atomic mass is 32.2. The van der Waals surface area contributed by atoms with Gasteiger partial charge in [-0.1, -0.05) is 38.5 Å². The molecule has 0 saturated carbocycles. The van der Waals surface area contributed by atoms with Crippen LogP contribution < -0.4 is 15.4 Å². The van der Waals surface area contributed by atoms with Gasteiger partial charge in [0.2, 0.25) is 0 Å². The van der Waals surface area contributed by atoms with E-state index < -0.39 is 11.3 Å². The van der Waals surface area contributed by atoms with E-state index in [2.05, 4.69) is 39.4 Å². The summed E-state index contributed by atoms with van der Waals surface area (Å²) >= 11 is 3.28. The van der Waals surface area contributed by atoms with Crippen molar-refractivity contribution in [3.05, 3.63) is 60.7 Å². The van der Waals surface area contributed by atoms with Crippen molar-refractivity contribution in [3.63, 3.8) is 0 Å². The van der Waals surface area contributed by atoms with E-state index >= 15 is 0 Å². The maximum absolute atomic E-state index is 10.8. The summed E-state index contributed by atoms with van der Waals surface area (Å²) < 4.78 is 26.2. The minimum absolute atomic E-state index is 0.573. The summed E-state index contributed by atoms with van der Waals surface area (Å²) in [5.41, 5.74) is 1.40. The Labute approximate surface area is 240 Å². The lowest BCUT2D eigenvalue weighted by Crippen LogP contribution is -2.29. The molecular weight excluding hydrogens is 532 g/mol. The highest BCUT2D eigenvalue weighted by Crippen LogP contribution is 2.14. The fourth-order valence-electron chi connectivity index (χ4n) is 4.33. The van der Waals surface area contributed by atoms with Gasteiger partial charge in [0, 0.05) is 56.8 Å². The molecule has 0 amide bonds. The largest absolute Gasteiger partial charge is 0.362 e. The topological polar surface area (TPSA) is 112 Å². The molecule has 0 aliphatic rings. The Kier molecular flexibility index (Phi) is 13.4. The third kappa shape index (κ3) is 11.9. The standard InChI is InChI=1S/C27H42N8O2S2/c1-33-19-16-28-25(33)21-35(22-26-29-17-20-34(26)2)18-10-8-6-4-3-5-7-9-15-30-27(38)31-23-11-13-24(14-12-23)32-39(36)37/h11-14,16-17,19-20,32H,3-10,15,18,21-22H2,1-2H3,(H,36,37)(H2,30,31,38). The Morgan fingerprint density at radius 3 is 1.90 bits per heavy atom. The van der Waals surface area contributed by atoms with Crippen molar-refractivity contribution in [3.8, 4) is 0 Å². The van der Waals surface area contributed by atoms with Crippen LogP contribution in [0.1, 0.15) is 63.0 Å². The molecular formula is C27H42N8O2S2. The highest BCUT2D eigenvalue weighted by molar-refractivity contribution is 7.80. The van der Waals surface area contributed by atoms with Gasteiger partial charge in [0.15, 0.2) is 5.11 Å². The van der Waals surface area contributed by atoms with Crippen molar-refractivity contribution in [1.82, 2.24) is 29.3 Å². The van der Waals surface area contributed by atoms with Crippen LogP contribution in [0.2, 0.25) is 0 Å². The summed E-state index contributed by atoms with van der Waals surface area (Å²) in [5.74, 6) is 2.17. The lowest BCUT2D eigenvalue weighted by Gasteiger charge is -2.21. The third-order valence-electron chi connectivity index (χ3n) is 6.61. The van der Waals surface area contributed by atoms with E-state index in [1.807, 2.05) is 51.0 Å². The van der Waals surface area contributed by atoms with Gasteiger partial charge in [0.1, 0.15) is 11.6 Å². The molecule has 3 aromatic rings. The number of hydrogen-bond donors (Lipinski definition) is 4. The van der Waals surface area contributed by atoms with Gasteiger partial charge >= 0.3 is 0 Å². The summed E-state index contributed by atoms with van der Waals surface area (Å²) in [6.07, 6.45) is 17.5. The molecule has 0 bridgehead atoms. The molecule has 1 unspecified atom stereocenters. The molecule has 0 aliphatic heterocycles. The number of hydrogen-bond acceptors (Lipinski definition) is 5. The summed E-state index contributed by atoms with van der Waals surface area (Å²) in [5, 5.41) is 6.96. The predicted molar refractivity (Wildman–Crippen MR) is 163 cm³/mol. The number of benzene rings is 1. The number of thiocarbonyl (C=S) groups is 1. The molecule has 0 fully saturated rings. The number of nitrogens with one attached hydrogen (secondary N) is 3. The summed E-state index contributed by atoms with van der Waals surface area (Å²) in [7, 11) is 4.10. The Balaban J connectivity index is 1.20. The second-order valence-corrected chi connectivity index (χ2v) is 10.9. The number of aromatic nitrogens is 4. The van der Waals surface area contributed by atoms with E-state index in [1.165, 1.54) is 44.9 Å². The van der Waals surface area contributed by atoms with E-state index in [9.17, 15) is 4.21 Å². The van der Waals surface area contributed by atoms with Gasteiger partial charge in [-0.2, -0.15) is 0 Å². The van der Waals surface area contributed by atoms with Gasteiger partial charge in [-0.25, -0.2) is 14.2 Å². The van der Waals surface area contributed by atoms with Crippen molar-refractivity contribution in [2.24, 2.45) is 14.1 Å². The van der Waals surface area contributed by atoms with Gasteiger partial charge < -0.3 is 19.8 Å². The number of nitrogens with zero attached hydrogens (tertiary/aromatic N) is 5. The van der Waals surface area contributed by atoms with E-state index in [4.69, 9.17) is 16.8 Å². The Hall–Kier alpha value is -2.80. The molecule has 1 aromatic carbocycles. The zero-order valence-corrected chi connectivity index (χ0v) is 24.6. The first kappa shape index (κ1) is 30.7. The third-order valence-corrected chi connectivity index (χ3v) is 7.26. The van der Waals surface area contributed by atoms with Gasteiger partial charge in [-0.3, -0.25) is 14.2 Å².